The summed E-state index contributed by atoms with van der Waals surface area (Å²) in [5.41, 5.74) is 7.42. The third-order valence-corrected chi connectivity index (χ3v) is 2.15. The summed E-state index contributed by atoms with van der Waals surface area (Å²) < 4.78 is 0. The minimum absolute atomic E-state index is 0. The van der Waals surface area contributed by atoms with Crippen molar-refractivity contribution in [2.24, 2.45) is 5.10 Å². The third kappa shape index (κ3) is 7.17. The van der Waals surface area contributed by atoms with E-state index in [9.17, 15) is 9.59 Å². The number of carboxylic acids is 1. The Morgan fingerprint density at radius 2 is 2.00 bits per heavy atom. The van der Waals surface area contributed by atoms with Crippen LogP contribution in [0.5, 0.6) is 0 Å². The molecule has 0 radical (unpaired) electrons. The van der Waals surface area contributed by atoms with Crippen LogP contribution in [0.3, 0.4) is 0 Å². The molecule has 0 aliphatic rings. The highest BCUT2D eigenvalue weighted by Gasteiger charge is 2.15. The lowest BCUT2D eigenvalue weighted by molar-refractivity contribution is -0.407. The maximum atomic E-state index is 10.6. The summed E-state index contributed by atoms with van der Waals surface area (Å²) in [5.74, 6) is -0.911. The molecule has 0 fully saturated rings. The second kappa shape index (κ2) is 10.0. The normalized spacial score (nSPS) is 11.0. The first-order chi connectivity index (χ1) is 8.13. The molecule has 1 unspecified atom stereocenters. The minimum Gasteiger partial charge on any atom is -1.00 e. The minimum atomic E-state index is -0.911. The molecule has 0 bridgehead atoms. The largest absolute Gasteiger partial charge is 1.00 e. The Morgan fingerprint density at radius 3 is 2.47 bits per heavy atom. The third-order valence-electron chi connectivity index (χ3n) is 2.15. The number of nitrogens with zero attached hydrogens (tertiary/aromatic N) is 1. The van der Waals surface area contributed by atoms with Crippen molar-refractivity contribution in [2.45, 2.75) is 19.9 Å². The van der Waals surface area contributed by atoms with Gasteiger partial charge in [0.1, 0.15) is 0 Å². The number of hydrogen-bond donors (Lipinski definition) is 3. The van der Waals surface area contributed by atoms with Gasteiger partial charge < -0.3 is 23.2 Å². The summed E-state index contributed by atoms with van der Waals surface area (Å²) in [7, 11) is 0. The van der Waals surface area contributed by atoms with E-state index in [-0.39, 0.29) is 19.8 Å². The van der Waals surface area contributed by atoms with Gasteiger partial charge in [0.2, 0.25) is 6.41 Å². The van der Waals surface area contributed by atoms with E-state index in [0.29, 0.717) is 12.8 Å². The number of carbonyl (C=O) groups excluding carboxylic acids is 1. The van der Waals surface area contributed by atoms with Gasteiger partial charge in [0.25, 0.3) is 0 Å². The summed E-state index contributed by atoms with van der Waals surface area (Å²) in [5, 5.41) is 12.3. The van der Waals surface area contributed by atoms with Crippen LogP contribution in [-0.4, -0.2) is 29.7 Å². The second-order valence-electron chi connectivity index (χ2n) is 3.49. The van der Waals surface area contributed by atoms with Gasteiger partial charge in [-0.25, -0.2) is 10.2 Å². The highest BCUT2D eigenvalue weighted by molar-refractivity contribution is 5.80. The molecule has 106 valence electrons. The number of rotatable bonds is 6. The van der Waals surface area contributed by atoms with Crippen molar-refractivity contribution >= 4 is 18.6 Å². The number of nitrogens with one attached hydrogen (secondary N) is 1. The summed E-state index contributed by atoms with van der Waals surface area (Å²) in [6.07, 6.45) is 2.36. The zero-order valence-electron chi connectivity index (χ0n) is 9.54. The number of carbonyl (C=O) groups is 2. The van der Waals surface area contributed by atoms with E-state index >= 15 is 0 Å². The van der Waals surface area contributed by atoms with Crippen LogP contribution >= 0.6 is 0 Å². The number of hydrogen-bond acceptors (Lipinski definition) is 3. The van der Waals surface area contributed by atoms with Crippen molar-refractivity contribution in [3.63, 3.8) is 0 Å². The van der Waals surface area contributed by atoms with Crippen LogP contribution in [-0.2, 0) is 16.0 Å². The predicted molar refractivity (Wildman–Crippen MR) is 68.0 cm³/mol. The number of benzene rings is 1. The van der Waals surface area contributed by atoms with Gasteiger partial charge in [0, 0.05) is 6.42 Å². The van der Waals surface area contributed by atoms with Crippen LogP contribution in [0.15, 0.2) is 29.4 Å². The molecule has 0 aromatic heterocycles. The van der Waals surface area contributed by atoms with Crippen LogP contribution in [0.1, 0.15) is 18.6 Å². The fourth-order valence-corrected chi connectivity index (χ4v) is 1.25. The lowest BCUT2D eigenvalue weighted by Gasteiger charge is -2.03. The molecule has 1 aromatic rings. The fourth-order valence-electron chi connectivity index (χ4n) is 1.25. The standard InChI is InChI=1S/C11H13N3O3.CH4.ClH/c12-10(11(16)17)5-8-1-3-9(4-2-8)6-13-14-7-15;;/h1-4,6-7,10H,5,12H2,(H,14,15)(H,16,17);1H4;1H/b13-6+;;. The molecule has 0 saturated carbocycles. The average Bonchev–Trinajstić information content (AvgIpc) is 2.31. The SMILES string of the molecule is C.[Cl-].[NH3+]C(Cc1ccc(/C=N/NC=O)cc1)C(=O)O. The molecule has 0 spiro atoms. The number of amides is 1. The topological polar surface area (TPSA) is 106 Å². The van der Waals surface area contributed by atoms with E-state index < -0.39 is 12.0 Å². The van der Waals surface area contributed by atoms with Gasteiger partial charge in [-0.3, -0.25) is 4.79 Å². The first kappa shape index (κ1) is 19.4. The molecular weight excluding hydrogens is 270 g/mol. The number of carboxylic acid groups (broad SMARTS) is 1. The van der Waals surface area contributed by atoms with E-state index in [1.165, 1.54) is 6.21 Å². The van der Waals surface area contributed by atoms with E-state index in [1.54, 1.807) is 12.1 Å². The molecule has 0 heterocycles. The van der Waals surface area contributed by atoms with Crippen molar-refractivity contribution in [1.82, 2.24) is 5.43 Å². The summed E-state index contributed by atoms with van der Waals surface area (Å²) >= 11 is 0. The first-order valence-electron chi connectivity index (χ1n) is 5.00. The molecule has 6 nitrogen and oxygen atoms in total. The van der Waals surface area contributed by atoms with Crippen LogP contribution in [0.25, 0.3) is 0 Å². The zero-order chi connectivity index (χ0) is 12.7. The highest BCUT2D eigenvalue weighted by Crippen LogP contribution is 2.04. The molecule has 0 aliphatic heterocycles. The second-order valence-corrected chi connectivity index (χ2v) is 3.49. The van der Waals surface area contributed by atoms with Gasteiger partial charge in [-0.15, -0.1) is 0 Å². The van der Waals surface area contributed by atoms with Crippen LogP contribution in [0, 0.1) is 0 Å². The Bertz CT molecular complexity index is 421. The Morgan fingerprint density at radius 1 is 1.42 bits per heavy atom. The van der Waals surface area contributed by atoms with E-state index in [1.807, 2.05) is 12.1 Å². The van der Waals surface area contributed by atoms with Crippen LogP contribution < -0.4 is 23.6 Å². The lowest BCUT2D eigenvalue weighted by Crippen LogP contribution is -3.00. The fraction of sp³-hybridized carbons (Fsp3) is 0.250. The molecule has 0 saturated heterocycles. The van der Waals surface area contributed by atoms with Crippen molar-refractivity contribution < 1.29 is 32.8 Å². The van der Waals surface area contributed by atoms with Gasteiger partial charge in [-0.05, 0) is 11.1 Å². The Hall–Kier alpha value is -1.92. The molecule has 7 heteroatoms. The zero-order valence-corrected chi connectivity index (χ0v) is 10.3. The van der Waals surface area contributed by atoms with E-state index in [2.05, 4.69) is 16.3 Å². The maximum absolute atomic E-state index is 10.6. The number of hydrazone groups is 1. The molecule has 1 rings (SSSR count). The summed E-state index contributed by atoms with van der Waals surface area (Å²) in [6, 6.07) is 6.55. The highest BCUT2D eigenvalue weighted by atomic mass is 35.5. The smallest absolute Gasteiger partial charge is 0.362 e. The van der Waals surface area contributed by atoms with Crippen LogP contribution in [0.4, 0.5) is 0 Å². The van der Waals surface area contributed by atoms with Gasteiger partial charge in [0.15, 0.2) is 6.04 Å². The van der Waals surface area contributed by atoms with Crippen molar-refractivity contribution in [2.75, 3.05) is 0 Å². The number of halogens is 1. The molecule has 1 aromatic carbocycles. The first-order valence-corrected chi connectivity index (χ1v) is 5.00. The molecule has 0 aliphatic carbocycles. The maximum Gasteiger partial charge on any atom is 0.362 e. The van der Waals surface area contributed by atoms with E-state index in [4.69, 9.17) is 5.11 Å². The molecule has 1 atom stereocenters. The van der Waals surface area contributed by atoms with Crippen molar-refractivity contribution in [1.29, 1.82) is 0 Å². The summed E-state index contributed by atoms with van der Waals surface area (Å²) in [4.78, 5) is 20.6. The van der Waals surface area contributed by atoms with Gasteiger partial charge in [-0.1, -0.05) is 31.7 Å². The molecule has 1 amide bonds. The quantitative estimate of drug-likeness (QED) is 0.289. The summed E-state index contributed by atoms with van der Waals surface area (Å²) in [6.45, 7) is 0. The average molecular weight is 288 g/mol. The van der Waals surface area contributed by atoms with Crippen molar-refractivity contribution in [3.8, 4) is 0 Å². The van der Waals surface area contributed by atoms with Gasteiger partial charge >= 0.3 is 5.97 Å². The lowest BCUT2D eigenvalue weighted by atomic mass is 10.1. The number of aliphatic carboxylic acids is 1. The van der Waals surface area contributed by atoms with E-state index in [0.717, 1.165) is 11.1 Å². The Balaban J connectivity index is 0. The predicted octanol–water partition coefficient (Wildman–Crippen LogP) is -3.36. The van der Waals surface area contributed by atoms with Gasteiger partial charge in [0.05, 0.1) is 6.21 Å². The van der Waals surface area contributed by atoms with Gasteiger partial charge in [-0.2, -0.15) is 5.10 Å². The monoisotopic (exact) mass is 287 g/mol. The number of quaternary nitrogens is 1. The molecule has 5 N–H and O–H groups in total. The Kier molecular flexibility index (Phi) is 10.3. The van der Waals surface area contributed by atoms with Crippen molar-refractivity contribution in [3.05, 3.63) is 35.4 Å². The molecule has 19 heavy (non-hydrogen) atoms. The molecular formula is C12H18ClN3O3. The van der Waals surface area contributed by atoms with Crippen LogP contribution in [0.2, 0.25) is 0 Å². The Labute approximate surface area is 118 Å².